The first-order valence-corrected chi connectivity index (χ1v) is 11.2. The third kappa shape index (κ3) is 4.67. The normalized spacial score (nSPS) is 12.5. The Morgan fingerprint density at radius 3 is 2.34 bits per heavy atom. The predicted molar refractivity (Wildman–Crippen MR) is 127 cm³/mol. The zero-order valence-corrected chi connectivity index (χ0v) is 19.9. The van der Waals surface area contributed by atoms with Crippen LogP contribution in [0.4, 0.5) is 17.6 Å². The van der Waals surface area contributed by atoms with E-state index in [9.17, 15) is 22.4 Å². The number of alkyl halides is 3. The van der Waals surface area contributed by atoms with E-state index in [4.69, 9.17) is 4.74 Å². The molecule has 38 heavy (non-hydrogen) atoms. The Labute approximate surface area is 213 Å². The van der Waals surface area contributed by atoms with Crippen molar-refractivity contribution in [2.24, 2.45) is 0 Å². The van der Waals surface area contributed by atoms with Gasteiger partial charge in [0.15, 0.2) is 17.7 Å². The zero-order valence-electron chi connectivity index (χ0n) is 19.9. The van der Waals surface area contributed by atoms with Gasteiger partial charge in [0.25, 0.3) is 0 Å². The lowest BCUT2D eigenvalue weighted by Gasteiger charge is -2.18. The van der Waals surface area contributed by atoms with Gasteiger partial charge in [-0.2, -0.15) is 18.3 Å². The highest BCUT2D eigenvalue weighted by molar-refractivity contribution is 5.78. The van der Waals surface area contributed by atoms with Gasteiger partial charge in [0, 0.05) is 23.5 Å². The minimum atomic E-state index is -4.60. The van der Waals surface area contributed by atoms with E-state index in [-0.39, 0.29) is 28.3 Å². The molecule has 0 spiro atoms. The first-order chi connectivity index (χ1) is 18.2. The van der Waals surface area contributed by atoms with Gasteiger partial charge in [-0.3, -0.25) is 4.68 Å². The number of carbonyl (C=O) groups excluding carboxylic acids is 1. The molecule has 0 saturated carbocycles. The summed E-state index contributed by atoms with van der Waals surface area (Å²) < 4.78 is 61.2. The molecule has 12 heteroatoms. The molecule has 2 aliphatic rings. The average molecular weight is 522 g/mol. The van der Waals surface area contributed by atoms with E-state index in [0.717, 1.165) is 6.07 Å². The minimum Gasteiger partial charge on any atom is -0.467 e. The van der Waals surface area contributed by atoms with Crippen molar-refractivity contribution in [3.05, 3.63) is 89.8 Å². The lowest BCUT2D eigenvalue weighted by molar-refractivity contribution is -0.143. The Balaban J connectivity index is 1.53. The van der Waals surface area contributed by atoms with Crippen molar-refractivity contribution >= 4 is 5.97 Å². The SMILES string of the molecule is COC(=O)C(c1cnc(-c2ccc(C)cc2C(F)(F)F)nc1)n1cc2nc(-c3ccccc3F)nc-2cn1. The quantitative estimate of drug-likeness (QED) is 0.233. The Hall–Kier alpha value is -4.74. The molecule has 0 amide bonds. The number of hydrogen-bond acceptors (Lipinski definition) is 7. The summed E-state index contributed by atoms with van der Waals surface area (Å²) in [6, 6.07) is 8.72. The second-order valence-electron chi connectivity index (χ2n) is 8.36. The fourth-order valence-electron chi connectivity index (χ4n) is 3.96. The van der Waals surface area contributed by atoms with Gasteiger partial charge in [-0.15, -0.1) is 0 Å². The van der Waals surface area contributed by atoms with Crippen molar-refractivity contribution in [1.29, 1.82) is 0 Å². The van der Waals surface area contributed by atoms with E-state index in [1.165, 1.54) is 54.8 Å². The van der Waals surface area contributed by atoms with Crippen LogP contribution >= 0.6 is 0 Å². The minimum absolute atomic E-state index is 0.151. The number of nitrogens with zero attached hydrogens (tertiary/aromatic N) is 6. The molecular weight excluding hydrogens is 504 g/mol. The Morgan fingerprint density at radius 1 is 0.947 bits per heavy atom. The van der Waals surface area contributed by atoms with Crippen LogP contribution in [0.25, 0.3) is 34.2 Å². The smallest absolute Gasteiger partial charge is 0.417 e. The number of benzene rings is 2. The van der Waals surface area contributed by atoms with Crippen LogP contribution in [0.15, 0.2) is 67.3 Å². The van der Waals surface area contributed by atoms with E-state index < -0.39 is 29.6 Å². The Kier molecular flexibility index (Phi) is 6.31. The first-order valence-electron chi connectivity index (χ1n) is 11.2. The fraction of sp³-hybridized carbons (Fsp3) is 0.154. The topological polar surface area (TPSA) is 95.7 Å². The van der Waals surface area contributed by atoms with E-state index in [0.29, 0.717) is 17.0 Å². The molecule has 2 aliphatic heterocycles. The van der Waals surface area contributed by atoms with Crippen molar-refractivity contribution in [3.8, 4) is 34.2 Å². The Bertz CT molecular complexity index is 1600. The van der Waals surface area contributed by atoms with Gasteiger partial charge < -0.3 is 4.74 Å². The first kappa shape index (κ1) is 24.9. The monoisotopic (exact) mass is 522 g/mol. The second-order valence-corrected chi connectivity index (χ2v) is 8.36. The number of rotatable bonds is 5. The maximum Gasteiger partial charge on any atom is 0.417 e. The number of aromatic nitrogens is 6. The maximum atomic E-state index is 14.2. The van der Waals surface area contributed by atoms with Gasteiger partial charge in [0.05, 0.1) is 30.6 Å². The highest BCUT2D eigenvalue weighted by Gasteiger charge is 2.35. The summed E-state index contributed by atoms with van der Waals surface area (Å²) >= 11 is 0. The van der Waals surface area contributed by atoms with Crippen LogP contribution in [0, 0.1) is 12.7 Å². The lowest BCUT2D eigenvalue weighted by Crippen LogP contribution is -2.24. The number of hydrogen-bond donors (Lipinski definition) is 0. The number of carbonyl (C=O) groups is 1. The molecule has 0 saturated heterocycles. The molecule has 3 heterocycles. The summed E-state index contributed by atoms with van der Waals surface area (Å²) in [7, 11) is 1.18. The third-order valence-corrected chi connectivity index (χ3v) is 5.80. The molecule has 1 atom stereocenters. The largest absolute Gasteiger partial charge is 0.467 e. The van der Waals surface area contributed by atoms with Crippen molar-refractivity contribution in [2.75, 3.05) is 7.11 Å². The molecule has 5 rings (SSSR count). The van der Waals surface area contributed by atoms with Crippen LogP contribution in [-0.2, 0) is 15.7 Å². The molecule has 1 aromatic heterocycles. The molecule has 0 N–H and O–H groups in total. The standard InChI is InChI=1S/C26H18F4N6O2/c1-14-7-8-16(18(9-14)26(28,29)30)23-31-10-15(11-32-23)22(25(37)38-2)36-13-21-20(12-33-36)34-24(35-21)17-5-3-4-6-19(17)27/h3-13,22H,1-2H3. The highest BCUT2D eigenvalue weighted by atomic mass is 19.4. The molecule has 8 nitrogen and oxygen atoms in total. The van der Waals surface area contributed by atoms with Crippen molar-refractivity contribution in [1.82, 2.24) is 29.7 Å². The van der Waals surface area contributed by atoms with E-state index in [1.54, 1.807) is 25.1 Å². The molecule has 0 fully saturated rings. The van der Waals surface area contributed by atoms with E-state index in [2.05, 4.69) is 25.0 Å². The van der Waals surface area contributed by atoms with Gasteiger partial charge in [-0.05, 0) is 25.1 Å². The van der Waals surface area contributed by atoms with Crippen molar-refractivity contribution < 1.29 is 27.1 Å². The molecule has 0 radical (unpaired) electrons. The fourth-order valence-corrected chi connectivity index (χ4v) is 3.96. The summed E-state index contributed by atoms with van der Waals surface area (Å²) in [6.45, 7) is 1.56. The van der Waals surface area contributed by atoms with Crippen LogP contribution in [0.1, 0.15) is 22.7 Å². The third-order valence-electron chi connectivity index (χ3n) is 5.80. The predicted octanol–water partition coefficient (Wildman–Crippen LogP) is 5.13. The number of esters is 1. The van der Waals surface area contributed by atoms with Gasteiger partial charge in [-0.25, -0.2) is 29.1 Å². The molecule has 2 aromatic carbocycles. The summed E-state index contributed by atoms with van der Waals surface area (Å²) in [4.78, 5) is 29.6. The van der Waals surface area contributed by atoms with Crippen molar-refractivity contribution in [2.45, 2.75) is 19.1 Å². The number of aryl methyl sites for hydroxylation is 1. The van der Waals surface area contributed by atoms with Gasteiger partial charge in [0.1, 0.15) is 17.2 Å². The zero-order chi connectivity index (χ0) is 27.0. The molecule has 192 valence electrons. The number of methoxy groups -OCH3 is 1. The summed E-state index contributed by atoms with van der Waals surface area (Å²) in [6.07, 6.45) is 0.674. The molecule has 0 bridgehead atoms. The number of ether oxygens (including phenoxy) is 1. The van der Waals surface area contributed by atoms with Crippen molar-refractivity contribution in [3.63, 3.8) is 0 Å². The second kappa shape index (κ2) is 9.61. The Morgan fingerprint density at radius 2 is 1.66 bits per heavy atom. The van der Waals surface area contributed by atoms with Crippen LogP contribution < -0.4 is 0 Å². The van der Waals surface area contributed by atoms with E-state index >= 15 is 0 Å². The van der Waals surface area contributed by atoms with Crippen LogP contribution in [0.2, 0.25) is 0 Å². The average Bonchev–Trinajstić information content (AvgIpc) is 3.32. The molecule has 3 aromatic rings. The number of imidazole rings is 1. The van der Waals surface area contributed by atoms with Crippen LogP contribution in [0.3, 0.4) is 0 Å². The summed E-state index contributed by atoms with van der Waals surface area (Å²) in [5.41, 5.74) is 0.508. The van der Waals surface area contributed by atoms with Gasteiger partial charge in [-0.1, -0.05) is 29.8 Å². The summed E-state index contributed by atoms with van der Waals surface area (Å²) in [5, 5.41) is 4.23. The highest BCUT2D eigenvalue weighted by Crippen LogP contribution is 2.36. The van der Waals surface area contributed by atoms with Gasteiger partial charge in [0.2, 0.25) is 0 Å². The lowest BCUT2D eigenvalue weighted by atomic mass is 10.0. The molecular formula is C26H18F4N6O2. The van der Waals surface area contributed by atoms with Gasteiger partial charge >= 0.3 is 12.1 Å². The maximum absolute atomic E-state index is 14.2. The number of halogens is 4. The van der Waals surface area contributed by atoms with Crippen LogP contribution in [0.5, 0.6) is 0 Å². The molecule has 0 aliphatic carbocycles. The molecule has 1 unspecified atom stereocenters. The summed E-state index contributed by atoms with van der Waals surface area (Å²) in [5.74, 6) is -1.22. The van der Waals surface area contributed by atoms with Crippen LogP contribution in [-0.4, -0.2) is 42.8 Å². The van der Waals surface area contributed by atoms with E-state index in [1.807, 2.05) is 0 Å². The number of fused-ring (bicyclic) bond motifs is 1.